The topological polar surface area (TPSA) is 42.7 Å². The fraction of sp³-hybridized carbons (Fsp3) is 0.250. The standard InChI is InChI=1S/C16H17BrN4/c1-10-4-5-14(17)15(6-10)18-8-12-7-13-11(2)20-21(3)16(13)19-9-12/h4-7,9,18H,8H2,1-3H3. The quantitative estimate of drug-likeness (QED) is 0.781. The fourth-order valence-electron chi connectivity index (χ4n) is 2.42. The lowest BCUT2D eigenvalue weighted by atomic mass is 10.2. The van der Waals surface area contributed by atoms with Crippen LogP contribution in [0.15, 0.2) is 34.9 Å². The van der Waals surface area contributed by atoms with Gasteiger partial charge in [-0.1, -0.05) is 6.07 Å². The molecule has 2 heterocycles. The molecule has 3 rings (SSSR count). The van der Waals surface area contributed by atoms with Crippen LogP contribution in [-0.4, -0.2) is 14.8 Å². The first-order chi connectivity index (χ1) is 10.0. The largest absolute Gasteiger partial charge is 0.380 e. The molecule has 0 radical (unpaired) electrons. The maximum atomic E-state index is 4.50. The van der Waals surface area contributed by atoms with Crippen LogP contribution in [0.2, 0.25) is 0 Å². The normalized spacial score (nSPS) is 11.0. The summed E-state index contributed by atoms with van der Waals surface area (Å²) in [6.07, 6.45) is 1.90. The molecule has 0 spiro atoms. The van der Waals surface area contributed by atoms with Crippen molar-refractivity contribution in [1.82, 2.24) is 14.8 Å². The number of rotatable bonds is 3. The van der Waals surface area contributed by atoms with Crippen molar-refractivity contribution in [3.63, 3.8) is 0 Å². The monoisotopic (exact) mass is 344 g/mol. The Morgan fingerprint density at radius 1 is 1.24 bits per heavy atom. The number of hydrogen-bond acceptors (Lipinski definition) is 3. The van der Waals surface area contributed by atoms with E-state index in [0.29, 0.717) is 0 Å². The van der Waals surface area contributed by atoms with E-state index >= 15 is 0 Å². The van der Waals surface area contributed by atoms with E-state index in [2.05, 4.69) is 62.5 Å². The Hall–Kier alpha value is -1.88. The summed E-state index contributed by atoms with van der Waals surface area (Å²) in [6, 6.07) is 8.43. The van der Waals surface area contributed by atoms with E-state index in [-0.39, 0.29) is 0 Å². The Bertz CT molecular complexity index is 807. The lowest BCUT2D eigenvalue weighted by Gasteiger charge is -2.09. The second kappa shape index (κ2) is 5.48. The van der Waals surface area contributed by atoms with Gasteiger partial charge in [-0.05, 0) is 59.1 Å². The molecule has 1 aromatic carbocycles. The molecule has 1 N–H and O–H groups in total. The molecule has 0 aliphatic heterocycles. The average molecular weight is 345 g/mol. The zero-order chi connectivity index (χ0) is 15.0. The lowest BCUT2D eigenvalue weighted by Crippen LogP contribution is -2.01. The maximum absolute atomic E-state index is 4.50. The maximum Gasteiger partial charge on any atom is 0.157 e. The SMILES string of the molecule is Cc1ccc(Br)c(NCc2cnc3c(c2)c(C)nn3C)c1. The second-order valence-electron chi connectivity index (χ2n) is 5.26. The summed E-state index contributed by atoms with van der Waals surface area (Å²) in [6.45, 7) is 4.84. The summed E-state index contributed by atoms with van der Waals surface area (Å²) in [5.74, 6) is 0. The molecule has 0 aliphatic carbocycles. The Morgan fingerprint density at radius 3 is 2.86 bits per heavy atom. The Kier molecular flexibility index (Phi) is 3.68. The van der Waals surface area contributed by atoms with Crippen molar-refractivity contribution < 1.29 is 0 Å². The molecule has 0 atom stereocenters. The lowest BCUT2D eigenvalue weighted by molar-refractivity contribution is 0.773. The molecule has 0 fully saturated rings. The number of hydrogen-bond donors (Lipinski definition) is 1. The molecule has 0 unspecified atom stereocenters. The highest BCUT2D eigenvalue weighted by molar-refractivity contribution is 9.10. The number of nitrogens with one attached hydrogen (secondary N) is 1. The van der Waals surface area contributed by atoms with E-state index in [1.807, 2.05) is 24.9 Å². The molecule has 3 aromatic rings. The van der Waals surface area contributed by atoms with Crippen LogP contribution in [0.25, 0.3) is 11.0 Å². The van der Waals surface area contributed by atoms with E-state index in [9.17, 15) is 0 Å². The number of aromatic nitrogens is 3. The van der Waals surface area contributed by atoms with Gasteiger partial charge in [0.25, 0.3) is 0 Å². The van der Waals surface area contributed by atoms with Gasteiger partial charge in [-0.25, -0.2) is 4.98 Å². The first kappa shape index (κ1) is 14.1. The van der Waals surface area contributed by atoms with Crippen LogP contribution in [0.1, 0.15) is 16.8 Å². The average Bonchev–Trinajstić information content (AvgIpc) is 2.75. The van der Waals surface area contributed by atoms with Gasteiger partial charge in [-0.2, -0.15) is 5.10 Å². The number of nitrogens with zero attached hydrogens (tertiary/aromatic N) is 3. The molecule has 2 aromatic heterocycles. The highest BCUT2D eigenvalue weighted by Crippen LogP contribution is 2.24. The number of anilines is 1. The van der Waals surface area contributed by atoms with Crippen LogP contribution in [0.3, 0.4) is 0 Å². The van der Waals surface area contributed by atoms with Crippen LogP contribution >= 0.6 is 15.9 Å². The number of benzene rings is 1. The minimum absolute atomic E-state index is 0.735. The van der Waals surface area contributed by atoms with Crippen molar-refractivity contribution in [3.05, 3.63) is 51.8 Å². The fourth-order valence-corrected chi connectivity index (χ4v) is 2.81. The Morgan fingerprint density at radius 2 is 2.05 bits per heavy atom. The molecule has 5 heteroatoms. The molecule has 4 nitrogen and oxygen atoms in total. The van der Waals surface area contributed by atoms with Crippen LogP contribution in [0.4, 0.5) is 5.69 Å². The zero-order valence-corrected chi connectivity index (χ0v) is 13.9. The minimum Gasteiger partial charge on any atom is -0.380 e. The zero-order valence-electron chi connectivity index (χ0n) is 12.3. The Balaban J connectivity index is 1.85. The molecule has 0 bridgehead atoms. The van der Waals surface area contributed by atoms with E-state index in [1.54, 1.807) is 0 Å². The first-order valence-corrected chi connectivity index (χ1v) is 7.62. The molecule has 0 aliphatic rings. The van der Waals surface area contributed by atoms with Crippen molar-refractivity contribution in [3.8, 4) is 0 Å². The van der Waals surface area contributed by atoms with Crippen molar-refractivity contribution in [2.24, 2.45) is 7.05 Å². The van der Waals surface area contributed by atoms with Gasteiger partial charge in [0.1, 0.15) is 0 Å². The molecule has 21 heavy (non-hydrogen) atoms. The van der Waals surface area contributed by atoms with Crippen LogP contribution < -0.4 is 5.32 Å². The van der Waals surface area contributed by atoms with Crippen molar-refractivity contribution in [1.29, 1.82) is 0 Å². The predicted octanol–water partition coefficient (Wildman–Crippen LogP) is 3.96. The van der Waals surface area contributed by atoms with Gasteiger partial charge >= 0.3 is 0 Å². The van der Waals surface area contributed by atoms with Gasteiger partial charge < -0.3 is 5.32 Å². The van der Waals surface area contributed by atoms with Crippen LogP contribution in [-0.2, 0) is 13.6 Å². The van der Waals surface area contributed by atoms with Gasteiger partial charge in [0.15, 0.2) is 5.65 Å². The van der Waals surface area contributed by atoms with Crippen LogP contribution in [0, 0.1) is 13.8 Å². The third-order valence-corrected chi connectivity index (χ3v) is 4.22. The number of fused-ring (bicyclic) bond motifs is 1. The number of halogens is 1. The first-order valence-electron chi connectivity index (χ1n) is 6.83. The van der Waals surface area contributed by atoms with E-state index in [4.69, 9.17) is 0 Å². The van der Waals surface area contributed by atoms with E-state index in [0.717, 1.165) is 39.0 Å². The van der Waals surface area contributed by atoms with Crippen molar-refractivity contribution in [2.45, 2.75) is 20.4 Å². The summed E-state index contributed by atoms with van der Waals surface area (Å²) in [4.78, 5) is 4.50. The highest BCUT2D eigenvalue weighted by Gasteiger charge is 2.07. The predicted molar refractivity (Wildman–Crippen MR) is 89.5 cm³/mol. The smallest absolute Gasteiger partial charge is 0.157 e. The molecule has 0 saturated carbocycles. The number of pyridine rings is 1. The number of aryl methyl sites for hydroxylation is 3. The van der Waals surface area contributed by atoms with Gasteiger partial charge in [-0.3, -0.25) is 4.68 Å². The summed E-state index contributed by atoms with van der Waals surface area (Å²) in [5, 5.41) is 8.96. The summed E-state index contributed by atoms with van der Waals surface area (Å²) < 4.78 is 2.89. The van der Waals surface area contributed by atoms with Crippen LogP contribution in [0.5, 0.6) is 0 Å². The van der Waals surface area contributed by atoms with E-state index in [1.165, 1.54) is 5.56 Å². The Labute approximate surface area is 132 Å². The molecule has 0 amide bonds. The summed E-state index contributed by atoms with van der Waals surface area (Å²) in [5.41, 5.74) is 5.41. The molecule has 108 valence electrons. The van der Waals surface area contributed by atoms with Gasteiger partial charge in [0.2, 0.25) is 0 Å². The summed E-state index contributed by atoms with van der Waals surface area (Å²) >= 11 is 3.57. The third-order valence-electron chi connectivity index (χ3n) is 3.52. The molecular weight excluding hydrogens is 328 g/mol. The van der Waals surface area contributed by atoms with Gasteiger partial charge in [-0.15, -0.1) is 0 Å². The highest BCUT2D eigenvalue weighted by atomic mass is 79.9. The van der Waals surface area contributed by atoms with Crippen molar-refractivity contribution in [2.75, 3.05) is 5.32 Å². The molecule has 0 saturated heterocycles. The second-order valence-corrected chi connectivity index (χ2v) is 6.11. The summed E-state index contributed by atoms with van der Waals surface area (Å²) in [7, 11) is 1.92. The van der Waals surface area contributed by atoms with Gasteiger partial charge in [0.05, 0.1) is 5.69 Å². The third kappa shape index (κ3) is 2.78. The van der Waals surface area contributed by atoms with E-state index < -0.39 is 0 Å². The van der Waals surface area contributed by atoms with Gasteiger partial charge in [0, 0.05) is 35.3 Å². The molecular formula is C16H17BrN4. The van der Waals surface area contributed by atoms with Crippen molar-refractivity contribution >= 4 is 32.7 Å². The minimum atomic E-state index is 0.735.